The highest BCUT2D eigenvalue weighted by Crippen LogP contribution is 2.20. The lowest BCUT2D eigenvalue weighted by Gasteiger charge is -2.33. The van der Waals surface area contributed by atoms with E-state index in [1.165, 1.54) is 11.8 Å². The average Bonchev–Trinajstić information content (AvgIpc) is 2.37. The van der Waals surface area contributed by atoms with Crippen LogP contribution in [0.3, 0.4) is 0 Å². The van der Waals surface area contributed by atoms with Crippen molar-refractivity contribution in [2.75, 3.05) is 26.2 Å². The average molecular weight is 270 g/mol. The predicted molar refractivity (Wildman–Crippen MR) is 69.5 cm³/mol. The van der Waals surface area contributed by atoms with Crippen LogP contribution in [0.2, 0.25) is 0 Å². The van der Waals surface area contributed by atoms with Gasteiger partial charge in [-0.05, 0) is 19.3 Å². The molecule has 0 aromatic heterocycles. The summed E-state index contributed by atoms with van der Waals surface area (Å²) in [6, 6.07) is 0. The molecule has 19 heavy (non-hydrogen) atoms. The first kappa shape index (κ1) is 15.5. The molecule has 1 aliphatic heterocycles. The van der Waals surface area contributed by atoms with Crippen molar-refractivity contribution in [1.29, 1.82) is 0 Å². The molecule has 0 radical (unpaired) electrons. The molecule has 108 valence electrons. The van der Waals surface area contributed by atoms with Gasteiger partial charge in [-0.1, -0.05) is 6.92 Å². The molecule has 6 heteroatoms. The van der Waals surface area contributed by atoms with E-state index >= 15 is 0 Å². The Morgan fingerprint density at radius 1 is 1.26 bits per heavy atom. The molecule has 1 saturated heterocycles. The smallest absolute Gasteiger partial charge is 0.323 e. The highest BCUT2D eigenvalue weighted by Gasteiger charge is 2.29. The van der Waals surface area contributed by atoms with Gasteiger partial charge in [0.15, 0.2) is 0 Å². The van der Waals surface area contributed by atoms with Crippen LogP contribution in [0.15, 0.2) is 0 Å². The van der Waals surface area contributed by atoms with E-state index in [1.807, 2.05) is 6.92 Å². The van der Waals surface area contributed by atoms with Crippen LogP contribution in [-0.2, 0) is 14.4 Å². The first-order valence-electron chi connectivity index (χ1n) is 6.71. The van der Waals surface area contributed by atoms with Gasteiger partial charge in [-0.2, -0.15) is 0 Å². The molecule has 0 atom stereocenters. The lowest BCUT2D eigenvalue weighted by molar-refractivity contribution is -0.147. The number of likely N-dealkylation sites (tertiary alicyclic amines) is 1. The van der Waals surface area contributed by atoms with Crippen molar-refractivity contribution in [1.82, 2.24) is 9.80 Å². The van der Waals surface area contributed by atoms with Gasteiger partial charge in [0.1, 0.15) is 6.54 Å². The number of hydrogen-bond donors (Lipinski definition) is 1. The SMILES string of the molecule is CCCN(CC(=O)O)C(=O)C1CCN(C(C)=O)CC1. The summed E-state index contributed by atoms with van der Waals surface area (Å²) in [4.78, 5) is 37.4. The summed E-state index contributed by atoms with van der Waals surface area (Å²) >= 11 is 0. The van der Waals surface area contributed by atoms with Gasteiger partial charge in [0.05, 0.1) is 0 Å². The Bertz CT molecular complexity index is 349. The van der Waals surface area contributed by atoms with Gasteiger partial charge < -0.3 is 14.9 Å². The van der Waals surface area contributed by atoms with Crippen LogP contribution in [0, 0.1) is 5.92 Å². The molecular formula is C13H22N2O4. The summed E-state index contributed by atoms with van der Waals surface area (Å²) < 4.78 is 0. The van der Waals surface area contributed by atoms with E-state index in [9.17, 15) is 14.4 Å². The molecular weight excluding hydrogens is 248 g/mol. The van der Waals surface area contributed by atoms with E-state index in [0.29, 0.717) is 32.5 Å². The van der Waals surface area contributed by atoms with Crippen molar-refractivity contribution in [2.45, 2.75) is 33.1 Å². The monoisotopic (exact) mass is 270 g/mol. The van der Waals surface area contributed by atoms with Gasteiger partial charge in [-0.15, -0.1) is 0 Å². The fourth-order valence-electron chi connectivity index (χ4n) is 2.40. The molecule has 1 heterocycles. The van der Waals surface area contributed by atoms with Crippen molar-refractivity contribution in [3.63, 3.8) is 0 Å². The Balaban J connectivity index is 2.56. The number of piperidine rings is 1. The molecule has 0 unspecified atom stereocenters. The third kappa shape index (κ3) is 4.54. The van der Waals surface area contributed by atoms with Gasteiger partial charge in [-0.3, -0.25) is 14.4 Å². The number of rotatable bonds is 5. The molecule has 0 aromatic carbocycles. The van der Waals surface area contributed by atoms with E-state index < -0.39 is 5.97 Å². The number of hydrogen-bond acceptors (Lipinski definition) is 3. The number of carbonyl (C=O) groups is 3. The normalized spacial score (nSPS) is 16.2. The second-order valence-electron chi connectivity index (χ2n) is 4.93. The van der Waals surface area contributed by atoms with Gasteiger partial charge in [0, 0.05) is 32.5 Å². The maximum Gasteiger partial charge on any atom is 0.323 e. The van der Waals surface area contributed by atoms with Crippen LogP contribution >= 0.6 is 0 Å². The van der Waals surface area contributed by atoms with Crippen LogP contribution in [0.25, 0.3) is 0 Å². The van der Waals surface area contributed by atoms with Gasteiger partial charge in [0.2, 0.25) is 11.8 Å². The van der Waals surface area contributed by atoms with E-state index in [-0.39, 0.29) is 24.3 Å². The maximum atomic E-state index is 12.3. The summed E-state index contributed by atoms with van der Waals surface area (Å²) in [6.45, 7) is 4.84. The number of carboxylic acids is 1. The Morgan fingerprint density at radius 3 is 2.26 bits per heavy atom. The van der Waals surface area contributed by atoms with Gasteiger partial charge in [0.25, 0.3) is 0 Å². The lowest BCUT2D eigenvalue weighted by atomic mass is 9.95. The lowest BCUT2D eigenvalue weighted by Crippen LogP contribution is -2.45. The van der Waals surface area contributed by atoms with Crippen LogP contribution in [0.4, 0.5) is 0 Å². The molecule has 0 bridgehead atoms. The molecule has 0 aliphatic carbocycles. The minimum Gasteiger partial charge on any atom is -0.480 e. The van der Waals surface area contributed by atoms with Crippen molar-refractivity contribution in [3.05, 3.63) is 0 Å². The summed E-state index contributed by atoms with van der Waals surface area (Å²) in [5, 5.41) is 8.83. The number of nitrogens with zero attached hydrogens (tertiary/aromatic N) is 2. The maximum absolute atomic E-state index is 12.3. The number of aliphatic carboxylic acids is 1. The Hall–Kier alpha value is -1.59. The standard InChI is InChI=1S/C13H22N2O4/c1-3-6-15(9-12(17)18)13(19)11-4-7-14(8-5-11)10(2)16/h11H,3-9H2,1-2H3,(H,17,18). The first-order chi connectivity index (χ1) is 8.95. The van der Waals surface area contributed by atoms with Crippen LogP contribution in [0.5, 0.6) is 0 Å². The minimum absolute atomic E-state index is 0.0295. The zero-order chi connectivity index (χ0) is 14.4. The third-order valence-electron chi connectivity index (χ3n) is 3.42. The molecule has 2 amide bonds. The first-order valence-corrected chi connectivity index (χ1v) is 6.71. The summed E-state index contributed by atoms with van der Waals surface area (Å²) in [6.07, 6.45) is 1.99. The predicted octanol–water partition coefficient (Wildman–Crippen LogP) is 0.568. The Labute approximate surface area is 113 Å². The summed E-state index contributed by atoms with van der Waals surface area (Å²) in [5.41, 5.74) is 0. The second-order valence-corrected chi connectivity index (χ2v) is 4.93. The van der Waals surface area contributed by atoms with Crippen LogP contribution in [-0.4, -0.2) is 58.9 Å². The largest absolute Gasteiger partial charge is 0.480 e. The van der Waals surface area contributed by atoms with E-state index in [0.717, 1.165) is 6.42 Å². The molecule has 1 rings (SSSR count). The van der Waals surface area contributed by atoms with E-state index in [2.05, 4.69) is 0 Å². The second kappa shape index (κ2) is 7.11. The molecule has 1 aliphatic rings. The molecule has 6 nitrogen and oxygen atoms in total. The molecule has 0 saturated carbocycles. The zero-order valence-corrected chi connectivity index (χ0v) is 11.6. The van der Waals surface area contributed by atoms with Gasteiger partial charge in [-0.25, -0.2) is 0 Å². The Morgan fingerprint density at radius 2 is 1.84 bits per heavy atom. The summed E-state index contributed by atoms with van der Waals surface area (Å²) in [7, 11) is 0. The fraction of sp³-hybridized carbons (Fsp3) is 0.769. The topological polar surface area (TPSA) is 77.9 Å². The Kier molecular flexibility index (Phi) is 5.79. The summed E-state index contributed by atoms with van der Waals surface area (Å²) in [5.74, 6) is -1.20. The zero-order valence-electron chi connectivity index (χ0n) is 11.6. The van der Waals surface area contributed by atoms with Crippen LogP contribution in [0.1, 0.15) is 33.1 Å². The van der Waals surface area contributed by atoms with Crippen molar-refractivity contribution in [2.24, 2.45) is 5.92 Å². The number of carbonyl (C=O) groups excluding carboxylic acids is 2. The molecule has 0 spiro atoms. The fourth-order valence-corrected chi connectivity index (χ4v) is 2.40. The minimum atomic E-state index is -0.983. The highest BCUT2D eigenvalue weighted by atomic mass is 16.4. The molecule has 1 fully saturated rings. The third-order valence-corrected chi connectivity index (χ3v) is 3.42. The number of carboxylic acid groups (broad SMARTS) is 1. The molecule has 1 N–H and O–H groups in total. The molecule has 0 aromatic rings. The quantitative estimate of drug-likeness (QED) is 0.792. The van der Waals surface area contributed by atoms with E-state index in [4.69, 9.17) is 5.11 Å². The van der Waals surface area contributed by atoms with Crippen molar-refractivity contribution in [3.8, 4) is 0 Å². The number of amides is 2. The van der Waals surface area contributed by atoms with Crippen molar-refractivity contribution >= 4 is 17.8 Å². The van der Waals surface area contributed by atoms with Crippen LogP contribution < -0.4 is 0 Å². The van der Waals surface area contributed by atoms with Crippen molar-refractivity contribution < 1.29 is 19.5 Å². The van der Waals surface area contributed by atoms with E-state index in [1.54, 1.807) is 4.90 Å². The van der Waals surface area contributed by atoms with Gasteiger partial charge >= 0.3 is 5.97 Å². The highest BCUT2D eigenvalue weighted by molar-refractivity contribution is 5.83.